The highest BCUT2D eigenvalue weighted by molar-refractivity contribution is 6.04. The maximum Gasteiger partial charge on any atom is 0.255 e. The Balaban J connectivity index is 1.51. The number of aromatic nitrogens is 3. The van der Waals surface area contributed by atoms with E-state index in [0.717, 1.165) is 25.0 Å². The molecule has 7 heteroatoms. The molecular formula is C20H18N6O. The number of nitrogens with one attached hydrogen (secondary N) is 1. The molecule has 0 spiro atoms. The molecule has 0 atom stereocenters. The van der Waals surface area contributed by atoms with Crippen molar-refractivity contribution in [2.75, 3.05) is 11.1 Å². The van der Waals surface area contributed by atoms with Gasteiger partial charge in [-0.3, -0.25) is 9.78 Å². The molecule has 1 aliphatic carbocycles. The van der Waals surface area contributed by atoms with E-state index in [1.807, 2.05) is 12.1 Å². The fraction of sp³-hybridized carbons (Fsp3) is 0.200. The van der Waals surface area contributed by atoms with Crippen molar-refractivity contribution in [3.8, 4) is 11.8 Å². The summed E-state index contributed by atoms with van der Waals surface area (Å²) in [7, 11) is 0. The number of hydrogen-bond acceptors (Lipinski definition) is 5. The molecule has 0 aliphatic heterocycles. The van der Waals surface area contributed by atoms with E-state index in [0.29, 0.717) is 22.5 Å². The molecule has 2 aromatic heterocycles. The molecule has 0 saturated heterocycles. The number of pyridine rings is 1. The van der Waals surface area contributed by atoms with E-state index in [1.165, 1.54) is 22.9 Å². The van der Waals surface area contributed by atoms with Gasteiger partial charge in [0.15, 0.2) is 0 Å². The number of aryl methyl sites for hydroxylation is 2. The van der Waals surface area contributed by atoms with Gasteiger partial charge in [0.05, 0.1) is 23.8 Å². The smallest absolute Gasteiger partial charge is 0.255 e. The summed E-state index contributed by atoms with van der Waals surface area (Å²) in [6, 6.07) is 10.9. The Hall–Kier alpha value is -3.66. The van der Waals surface area contributed by atoms with Crippen LogP contribution in [0.3, 0.4) is 0 Å². The Morgan fingerprint density at radius 1 is 1.19 bits per heavy atom. The van der Waals surface area contributed by atoms with Crippen LogP contribution in [0.2, 0.25) is 0 Å². The first-order chi connectivity index (χ1) is 13.2. The van der Waals surface area contributed by atoms with Gasteiger partial charge in [-0.1, -0.05) is 0 Å². The summed E-state index contributed by atoms with van der Waals surface area (Å²) in [4.78, 5) is 17.0. The van der Waals surface area contributed by atoms with Crippen LogP contribution in [0, 0.1) is 11.3 Å². The molecule has 3 N–H and O–H groups in total. The van der Waals surface area contributed by atoms with Gasteiger partial charge in [-0.05, 0) is 61.6 Å². The van der Waals surface area contributed by atoms with Gasteiger partial charge in [-0.2, -0.15) is 10.4 Å². The minimum atomic E-state index is -0.203. The van der Waals surface area contributed by atoms with Crippen LogP contribution in [0.15, 0.2) is 42.7 Å². The molecule has 134 valence electrons. The third-order valence-electron chi connectivity index (χ3n) is 4.73. The number of carbonyl (C=O) groups is 1. The van der Waals surface area contributed by atoms with Crippen LogP contribution in [-0.2, 0) is 12.8 Å². The lowest BCUT2D eigenvalue weighted by Crippen LogP contribution is -2.14. The Labute approximate surface area is 156 Å². The maximum absolute atomic E-state index is 12.5. The Morgan fingerprint density at radius 2 is 1.96 bits per heavy atom. The van der Waals surface area contributed by atoms with E-state index in [9.17, 15) is 4.79 Å². The van der Waals surface area contributed by atoms with E-state index in [4.69, 9.17) is 11.0 Å². The highest BCUT2D eigenvalue weighted by Gasteiger charge is 2.13. The number of hydrogen-bond donors (Lipinski definition) is 2. The summed E-state index contributed by atoms with van der Waals surface area (Å²) in [6.45, 7) is 0. The zero-order valence-electron chi connectivity index (χ0n) is 14.6. The van der Waals surface area contributed by atoms with Crippen LogP contribution < -0.4 is 11.1 Å². The van der Waals surface area contributed by atoms with Crippen molar-refractivity contribution in [2.24, 2.45) is 0 Å². The van der Waals surface area contributed by atoms with Crippen molar-refractivity contribution < 1.29 is 4.79 Å². The minimum Gasteiger partial charge on any atom is -0.382 e. The third kappa shape index (κ3) is 3.25. The number of amides is 1. The number of anilines is 2. The van der Waals surface area contributed by atoms with Gasteiger partial charge in [0, 0.05) is 11.3 Å². The maximum atomic E-state index is 12.5. The number of nitrogen functional groups attached to an aromatic ring is 1. The van der Waals surface area contributed by atoms with Gasteiger partial charge in [0.1, 0.15) is 17.5 Å². The molecule has 1 aromatic carbocycles. The molecule has 27 heavy (non-hydrogen) atoms. The molecule has 0 fully saturated rings. The van der Waals surface area contributed by atoms with Gasteiger partial charge in [-0.25, -0.2) is 4.68 Å². The second-order valence-electron chi connectivity index (χ2n) is 6.51. The van der Waals surface area contributed by atoms with E-state index in [1.54, 1.807) is 30.5 Å². The van der Waals surface area contributed by atoms with Crippen molar-refractivity contribution in [1.29, 1.82) is 5.26 Å². The first-order valence-electron chi connectivity index (χ1n) is 8.79. The number of nitrogens with two attached hydrogens (primary N) is 1. The van der Waals surface area contributed by atoms with Crippen LogP contribution in [0.4, 0.5) is 11.5 Å². The van der Waals surface area contributed by atoms with Crippen LogP contribution in [0.1, 0.15) is 40.0 Å². The van der Waals surface area contributed by atoms with Crippen molar-refractivity contribution in [3.05, 3.63) is 65.1 Å². The number of nitrogens with zero attached hydrogens (tertiary/aromatic N) is 4. The Kier molecular flexibility index (Phi) is 4.30. The zero-order chi connectivity index (χ0) is 18.8. The molecule has 0 unspecified atom stereocenters. The lowest BCUT2D eigenvalue weighted by atomic mass is 9.96. The minimum absolute atomic E-state index is 0.203. The second-order valence-corrected chi connectivity index (χ2v) is 6.51. The molecule has 1 amide bonds. The molecule has 2 heterocycles. The van der Waals surface area contributed by atoms with Crippen molar-refractivity contribution >= 4 is 17.4 Å². The number of carbonyl (C=O) groups excluding carboxylic acids is 1. The predicted molar refractivity (Wildman–Crippen MR) is 102 cm³/mol. The summed E-state index contributed by atoms with van der Waals surface area (Å²) in [5.41, 5.74) is 10.5. The summed E-state index contributed by atoms with van der Waals surface area (Å²) < 4.78 is 1.47. The molecular weight excluding hydrogens is 340 g/mol. The number of rotatable bonds is 3. The van der Waals surface area contributed by atoms with E-state index < -0.39 is 0 Å². The van der Waals surface area contributed by atoms with E-state index in [2.05, 4.69) is 15.4 Å². The van der Waals surface area contributed by atoms with E-state index in [-0.39, 0.29) is 11.7 Å². The fourth-order valence-corrected chi connectivity index (χ4v) is 3.26. The lowest BCUT2D eigenvalue weighted by molar-refractivity contribution is 0.102. The molecule has 0 radical (unpaired) electrons. The highest BCUT2D eigenvalue weighted by Crippen LogP contribution is 2.22. The predicted octanol–water partition coefficient (Wildman–Crippen LogP) is 2.85. The van der Waals surface area contributed by atoms with Gasteiger partial charge < -0.3 is 11.1 Å². The van der Waals surface area contributed by atoms with Crippen LogP contribution in [0.25, 0.3) is 5.69 Å². The van der Waals surface area contributed by atoms with Crippen molar-refractivity contribution in [1.82, 2.24) is 14.8 Å². The average Bonchev–Trinajstić information content (AvgIpc) is 3.08. The molecule has 3 aromatic rings. The van der Waals surface area contributed by atoms with Crippen LogP contribution in [0.5, 0.6) is 0 Å². The van der Waals surface area contributed by atoms with Gasteiger partial charge >= 0.3 is 0 Å². The largest absolute Gasteiger partial charge is 0.382 e. The van der Waals surface area contributed by atoms with Crippen molar-refractivity contribution in [2.45, 2.75) is 25.7 Å². The second kappa shape index (κ2) is 6.92. The number of fused-ring (bicyclic) bond motifs is 1. The number of nitriles is 1. The molecule has 1 aliphatic rings. The third-order valence-corrected chi connectivity index (χ3v) is 4.73. The summed E-state index contributed by atoms with van der Waals surface area (Å²) >= 11 is 0. The van der Waals surface area contributed by atoms with Gasteiger partial charge in [0.25, 0.3) is 5.91 Å². The van der Waals surface area contributed by atoms with Gasteiger partial charge in [0.2, 0.25) is 0 Å². The topological polar surface area (TPSA) is 110 Å². The molecule has 0 bridgehead atoms. The fourth-order valence-electron chi connectivity index (χ4n) is 3.26. The Bertz CT molecular complexity index is 1050. The quantitative estimate of drug-likeness (QED) is 0.748. The van der Waals surface area contributed by atoms with Crippen molar-refractivity contribution in [3.63, 3.8) is 0 Å². The van der Waals surface area contributed by atoms with E-state index >= 15 is 0 Å². The first-order valence-corrected chi connectivity index (χ1v) is 8.79. The summed E-state index contributed by atoms with van der Waals surface area (Å²) in [5, 5.41) is 16.0. The lowest BCUT2D eigenvalue weighted by Gasteiger charge is -2.15. The monoisotopic (exact) mass is 358 g/mol. The summed E-state index contributed by atoms with van der Waals surface area (Å²) in [5.74, 6) is 0.0695. The SMILES string of the molecule is N#Cc1cnn(-c2ccc(C(=O)Nc3cnc4c(c3)CCCC4)cc2)c1N. The molecule has 4 rings (SSSR count). The standard InChI is InChI=1S/C20H18N6O/c21-10-15-11-24-26(19(15)22)17-7-5-13(6-8-17)20(27)25-16-9-14-3-1-2-4-18(14)23-12-16/h5-9,11-12H,1-4,22H2,(H,25,27). The molecule has 0 saturated carbocycles. The highest BCUT2D eigenvalue weighted by atomic mass is 16.1. The average molecular weight is 358 g/mol. The first kappa shape index (κ1) is 16.8. The normalized spacial score (nSPS) is 12.9. The Morgan fingerprint density at radius 3 is 2.70 bits per heavy atom. The van der Waals surface area contributed by atoms with Crippen LogP contribution in [-0.4, -0.2) is 20.7 Å². The molecule has 7 nitrogen and oxygen atoms in total. The summed E-state index contributed by atoms with van der Waals surface area (Å²) in [6.07, 6.45) is 7.49. The van der Waals surface area contributed by atoms with Crippen LogP contribution >= 0.6 is 0 Å². The van der Waals surface area contributed by atoms with Gasteiger partial charge in [-0.15, -0.1) is 0 Å². The number of benzene rings is 1. The zero-order valence-corrected chi connectivity index (χ0v) is 14.6.